The van der Waals surface area contributed by atoms with Crippen LogP contribution in [0.5, 0.6) is 0 Å². The minimum Gasteiger partial charge on any atom is -0.395 e. The van der Waals surface area contributed by atoms with E-state index in [1.807, 2.05) is 30.3 Å². The van der Waals surface area contributed by atoms with Crippen molar-refractivity contribution in [1.29, 1.82) is 0 Å². The highest BCUT2D eigenvalue weighted by Gasteiger charge is 2.10. The maximum Gasteiger partial charge on any atom is 0.153 e. The molecule has 0 bridgehead atoms. The highest BCUT2D eigenvalue weighted by Crippen LogP contribution is 2.21. The summed E-state index contributed by atoms with van der Waals surface area (Å²) < 4.78 is 0. The number of aromatic nitrogens is 1. The molecule has 17 heavy (non-hydrogen) atoms. The highest BCUT2D eigenvalue weighted by atomic mass is 16.3. The van der Waals surface area contributed by atoms with Crippen molar-refractivity contribution in [1.82, 2.24) is 4.98 Å². The smallest absolute Gasteiger partial charge is 0.153 e. The zero-order valence-corrected chi connectivity index (χ0v) is 9.63. The van der Waals surface area contributed by atoms with Crippen molar-refractivity contribution in [3.05, 3.63) is 35.9 Å². The topological polar surface area (TPSA) is 53.4 Å². The SMILES string of the molecule is CN(CCO)c1nc2ccccc2cc1C=O. The molecule has 1 N–H and O–H groups in total. The van der Waals surface area contributed by atoms with E-state index in [0.29, 0.717) is 17.9 Å². The van der Waals surface area contributed by atoms with Crippen LogP contribution in [0.4, 0.5) is 5.82 Å². The number of para-hydroxylation sites is 1. The Balaban J connectivity index is 2.56. The standard InChI is InChI=1S/C13H14N2O2/c1-15(6-7-16)13-11(9-17)8-10-4-2-3-5-12(10)14-13/h2-5,8-9,16H,6-7H2,1H3. The normalized spacial score (nSPS) is 10.5. The summed E-state index contributed by atoms with van der Waals surface area (Å²) in [5.41, 5.74) is 1.39. The largest absolute Gasteiger partial charge is 0.395 e. The molecule has 0 saturated carbocycles. The van der Waals surface area contributed by atoms with Gasteiger partial charge >= 0.3 is 0 Å². The van der Waals surface area contributed by atoms with Gasteiger partial charge in [0.1, 0.15) is 5.82 Å². The summed E-state index contributed by atoms with van der Waals surface area (Å²) in [5.74, 6) is 0.604. The molecule has 1 heterocycles. The maximum atomic E-state index is 11.1. The number of carbonyl (C=O) groups is 1. The number of anilines is 1. The molecule has 0 radical (unpaired) electrons. The molecule has 1 aromatic heterocycles. The summed E-state index contributed by atoms with van der Waals surface area (Å²) in [6.45, 7) is 0.482. The van der Waals surface area contributed by atoms with Gasteiger partial charge in [-0.3, -0.25) is 4.79 Å². The predicted molar refractivity (Wildman–Crippen MR) is 67.5 cm³/mol. The van der Waals surface area contributed by atoms with E-state index in [0.717, 1.165) is 17.2 Å². The van der Waals surface area contributed by atoms with Crippen LogP contribution >= 0.6 is 0 Å². The zero-order valence-electron chi connectivity index (χ0n) is 9.63. The van der Waals surface area contributed by atoms with Gasteiger partial charge in [-0.05, 0) is 12.1 Å². The highest BCUT2D eigenvalue weighted by molar-refractivity contribution is 5.91. The first-order valence-corrected chi connectivity index (χ1v) is 5.43. The quantitative estimate of drug-likeness (QED) is 0.808. The molecule has 0 atom stereocenters. The third-order valence-electron chi connectivity index (χ3n) is 2.66. The number of aldehydes is 1. The number of likely N-dealkylation sites (N-methyl/N-ethyl adjacent to an activating group) is 1. The fourth-order valence-electron chi connectivity index (χ4n) is 1.77. The van der Waals surface area contributed by atoms with E-state index in [4.69, 9.17) is 5.11 Å². The van der Waals surface area contributed by atoms with E-state index in [9.17, 15) is 4.79 Å². The van der Waals surface area contributed by atoms with Crippen LogP contribution < -0.4 is 4.90 Å². The summed E-state index contributed by atoms with van der Waals surface area (Å²) in [5, 5.41) is 9.86. The predicted octanol–water partition coefficient (Wildman–Crippen LogP) is 1.48. The third-order valence-corrected chi connectivity index (χ3v) is 2.66. The Kier molecular flexibility index (Phi) is 3.35. The van der Waals surface area contributed by atoms with E-state index in [2.05, 4.69) is 4.98 Å². The fourth-order valence-corrected chi connectivity index (χ4v) is 1.77. The monoisotopic (exact) mass is 230 g/mol. The number of hydrogen-bond donors (Lipinski definition) is 1. The Morgan fingerprint density at radius 3 is 2.88 bits per heavy atom. The minimum atomic E-state index is 0.0311. The number of aliphatic hydroxyl groups excluding tert-OH is 1. The van der Waals surface area contributed by atoms with Crippen molar-refractivity contribution in [3.8, 4) is 0 Å². The maximum absolute atomic E-state index is 11.1. The second-order valence-electron chi connectivity index (χ2n) is 3.86. The Hall–Kier alpha value is -1.94. The van der Waals surface area contributed by atoms with Gasteiger partial charge in [0.2, 0.25) is 0 Å². The number of aliphatic hydroxyl groups is 1. The molecule has 0 unspecified atom stereocenters. The molecule has 0 aliphatic heterocycles. The molecule has 0 aliphatic rings. The van der Waals surface area contributed by atoms with Gasteiger partial charge in [0.05, 0.1) is 17.7 Å². The summed E-state index contributed by atoms with van der Waals surface area (Å²) in [7, 11) is 1.81. The summed E-state index contributed by atoms with van der Waals surface area (Å²) in [6, 6.07) is 9.46. The Morgan fingerprint density at radius 1 is 1.41 bits per heavy atom. The van der Waals surface area contributed by atoms with Crippen LogP contribution in [0.15, 0.2) is 30.3 Å². The van der Waals surface area contributed by atoms with Gasteiger partial charge in [0, 0.05) is 19.0 Å². The average Bonchev–Trinajstić information content (AvgIpc) is 2.37. The van der Waals surface area contributed by atoms with Crippen LogP contribution in [-0.4, -0.2) is 36.6 Å². The van der Waals surface area contributed by atoms with Gasteiger partial charge in [-0.15, -0.1) is 0 Å². The Labute approximate surface area is 99.5 Å². The molecular formula is C13H14N2O2. The van der Waals surface area contributed by atoms with Gasteiger partial charge in [-0.2, -0.15) is 0 Å². The lowest BCUT2D eigenvalue weighted by atomic mass is 10.1. The van der Waals surface area contributed by atoms with Crippen LogP contribution in [0.1, 0.15) is 10.4 Å². The summed E-state index contributed by atoms with van der Waals surface area (Å²) in [6.07, 6.45) is 0.794. The van der Waals surface area contributed by atoms with Crippen LogP contribution in [-0.2, 0) is 0 Å². The van der Waals surface area contributed by atoms with Crippen molar-refractivity contribution < 1.29 is 9.90 Å². The van der Waals surface area contributed by atoms with E-state index >= 15 is 0 Å². The first-order valence-electron chi connectivity index (χ1n) is 5.43. The average molecular weight is 230 g/mol. The molecule has 0 fully saturated rings. The number of fused-ring (bicyclic) bond motifs is 1. The Morgan fingerprint density at radius 2 is 2.18 bits per heavy atom. The van der Waals surface area contributed by atoms with Crippen molar-refractivity contribution in [2.24, 2.45) is 0 Å². The van der Waals surface area contributed by atoms with Gasteiger partial charge in [-0.25, -0.2) is 4.98 Å². The van der Waals surface area contributed by atoms with Gasteiger partial charge < -0.3 is 10.0 Å². The summed E-state index contributed by atoms with van der Waals surface area (Å²) in [4.78, 5) is 17.3. The van der Waals surface area contributed by atoms with Crippen LogP contribution in [0.2, 0.25) is 0 Å². The Bertz CT molecular complexity index is 540. The number of hydrogen-bond acceptors (Lipinski definition) is 4. The first kappa shape index (κ1) is 11.5. The van der Waals surface area contributed by atoms with Crippen molar-refractivity contribution in [2.75, 3.05) is 25.1 Å². The molecule has 1 aromatic carbocycles. The molecule has 0 saturated heterocycles. The molecule has 4 nitrogen and oxygen atoms in total. The lowest BCUT2D eigenvalue weighted by molar-refractivity contribution is 0.112. The van der Waals surface area contributed by atoms with Crippen LogP contribution in [0.25, 0.3) is 10.9 Å². The molecular weight excluding hydrogens is 216 g/mol. The summed E-state index contributed by atoms with van der Waals surface area (Å²) >= 11 is 0. The number of carbonyl (C=O) groups excluding carboxylic acids is 1. The second kappa shape index (κ2) is 4.93. The third kappa shape index (κ3) is 2.26. The number of rotatable bonds is 4. The van der Waals surface area contributed by atoms with Crippen LogP contribution in [0.3, 0.4) is 0 Å². The van der Waals surface area contributed by atoms with Crippen molar-refractivity contribution in [3.63, 3.8) is 0 Å². The first-order chi connectivity index (χ1) is 8.26. The minimum absolute atomic E-state index is 0.0311. The van der Waals surface area contributed by atoms with E-state index in [1.54, 1.807) is 11.9 Å². The molecule has 0 spiro atoms. The van der Waals surface area contributed by atoms with Crippen molar-refractivity contribution in [2.45, 2.75) is 0 Å². The zero-order chi connectivity index (χ0) is 12.3. The number of benzene rings is 1. The van der Waals surface area contributed by atoms with E-state index in [1.165, 1.54) is 0 Å². The molecule has 0 amide bonds. The van der Waals surface area contributed by atoms with Crippen molar-refractivity contribution >= 4 is 23.0 Å². The number of nitrogens with zero attached hydrogens (tertiary/aromatic N) is 2. The molecule has 0 aliphatic carbocycles. The van der Waals surface area contributed by atoms with E-state index < -0.39 is 0 Å². The van der Waals surface area contributed by atoms with Gasteiger partial charge in [0.25, 0.3) is 0 Å². The van der Waals surface area contributed by atoms with Gasteiger partial charge in [0.15, 0.2) is 6.29 Å². The van der Waals surface area contributed by atoms with E-state index in [-0.39, 0.29) is 6.61 Å². The second-order valence-corrected chi connectivity index (χ2v) is 3.86. The molecule has 2 aromatic rings. The lowest BCUT2D eigenvalue weighted by Gasteiger charge is -2.18. The molecule has 4 heteroatoms. The lowest BCUT2D eigenvalue weighted by Crippen LogP contribution is -2.23. The number of pyridine rings is 1. The van der Waals surface area contributed by atoms with Gasteiger partial charge in [-0.1, -0.05) is 18.2 Å². The fraction of sp³-hybridized carbons (Fsp3) is 0.231. The molecule has 2 rings (SSSR count). The molecule has 88 valence electrons. The van der Waals surface area contributed by atoms with Crippen LogP contribution in [0, 0.1) is 0 Å².